The molecule has 88 valence electrons. The molecule has 0 aliphatic carbocycles. The largest absolute Gasteiger partial charge is 0.396 e. The van der Waals surface area contributed by atoms with Gasteiger partial charge in [-0.15, -0.1) is 0 Å². The van der Waals surface area contributed by atoms with Gasteiger partial charge < -0.3 is 5.73 Å². The lowest BCUT2D eigenvalue weighted by Gasteiger charge is -2.30. The van der Waals surface area contributed by atoms with Gasteiger partial charge in [-0.25, -0.2) is 4.39 Å². The molecule has 2 nitrogen and oxygen atoms in total. The number of rotatable bonds is 2. The van der Waals surface area contributed by atoms with Crippen molar-refractivity contribution in [2.45, 2.75) is 26.8 Å². The zero-order chi connectivity index (χ0) is 11.7. The molecule has 3 heteroatoms. The van der Waals surface area contributed by atoms with Gasteiger partial charge in [0, 0.05) is 19.6 Å². The van der Waals surface area contributed by atoms with E-state index >= 15 is 0 Å². The lowest BCUT2D eigenvalue weighted by atomic mass is 9.98. The van der Waals surface area contributed by atoms with Crippen molar-refractivity contribution in [3.05, 3.63) is 29.1 Å². The van der Waals surface area contributed by atoms with Crippen LogP contribution in [0.1, 0.15) is 25.0 Å². The van der Waals surface area contributed by atoms with Gasteiger partial charge in [0.05, 0.1) is 5.69 Å². The van der Waals surface area contributed by atoms with Crippen molar-refractivity contribution >= 4 is 5.69 Å². The molecule has 0 atom stereocenters. The molecule has 0 radical (unpaired) electrons. The highest BCUT2D eigenvalue weighted by atomic mass is 19.1. The van der Waals surface area contributed by atoms with E-state index in [1.807, 2.05) is 0 Å². The number of benzene rings is 1. The van der Waals surface area contributed by atoms with Crippen molar-refractivity contribution in [2.75, 3.05) is 18.8 Å². The number of nitrogen functional groups attached to an aromatic ring is 1. The van der Waals surface area contributed by atoms with Crippen LogP contribution in [0.2, 0.25) is 0 Å². The van der Waals surface area contributed by atoms with Crippen LogP contribution < -0.4 is 5.73 Å². The first kappa shape index (κ1) is 11.4. The van der Waals surface area contributed by atoms with Crippen LogP contribution in [0.15, 0.2) is 12.1 Å². The van der Waals surface area contributed by atoms with E-state index in [0.29, 0.717) is 5.92 Å². The van der Waals surface area contributed by atoms with Crippen molar-refractivity contribution in [3.8, 4) is 0 Å². The Morgan fingerprint density at radius 1 is 1.38 bits per heavy atom. The Bertz CT molecular complexity index is 388. The summed E-state index contributed by atoms with van der Waals surface area (Å²) in [6, 6.07) is 3.38. The predicted octanol–water partition coefficient (Wildman–Crippen LogP) is 2.42. The number of fused-ring (bicyclic) bond motifs is 1. The van der Waals surface area contributed by atoms with Gasteiger partial charge in [-0.2, -0.15) is 0 Å². The van der Waals surface area contributed by atoms with Crippen molar-refractivity contribution in [1.29, 1.82) is 0 Å². The highest BCUT2D eigenvalue weighted by molar-refractivity contribution is 5.47. The highest BCUT2D eigenvalue weighted by Crippen LogP contribution is 2.24. The smallest absolute Gasteiger partial charge is 0.146 e. The third-order valence-electron chi connectivity index (χ3n) is 3.03. The van der Waals surface area contributed by atoms with E-state index in [1.165, 1.54) is 5.56 Å². The van der Waals surface area contributed by atoms with Crippen LogP contribution in [0.3, 0.4) is 0 Å². The fourth-order valence-corrected chi connectivity index (χ4v) is 2.33. The third-order valence-corrected chi connectivity index (χ3v) is 3.03. The number of hydrogen-bond acceptors (Lipinski definition) is 2. The van der Waals surface area contributed by atoms with Gasteiger partial charge in [0.2, 0.25) is 0 Å². The maximum absolute atomic E-state index is 13.3. The minimum absolute atomic E-state index is 0.269. The molecule has 0 bridgehead atoms. The standard InChI is InChI=1S/C13H19FN2/c1-9(2)7-16-4-3-10-5-12(14)13(15)6-11(10)8-16/h5-6,9H,3-4,7-8,15H2,1-2H3. The molecule has 2 rings (SSSR count). The van der Waals surface area contributed by atoms with E-state index in [0.717, 1.165) is 31.6 Å². The first-order chi connectivity index (χ1) is 7.56. The van der Waals surface area contributed by atoms with Gasteiger partial charge in [0.25, 0.3) is 0 Å². The molecule has 0 unspecified atom stereocenters. The molecule has 16 heavy (non-hydrogen) atoms. The number of nitrogens with two attached hydrogens (primary N) is 1. The van der Waals surface area contributed by atoms with Crippen LogP contribution in [-0.4, -0.2) is 18.0 Å². The summed E-state index contributed by atoms with van der Waals surface area (Å²) < 4.78 is 13.3. The van der Waals surface area contributed by atoms with Crippen LogP contribution in [0.25, 0.3) is 0 Å². The van der Waals surface area contributed by atoms with Crippen molar-refractivity contribution < 1.29 is 4.39 Å². The summed E-state index contributed by atoms with van der Waals surface area (Å²) in [6.07, 6.45) is 0.930. The topological polar surface area (TPSA) is 29.3 Å². The first-order valence-electron chi connectivity index (χ1n) is 5.85. The third kappa shape index (κ3) is 2.35. The Morgan fingerprint density at radius 3 is 2.81 bits per heavy atom. The number of halogens is 1. The Hall–Kier alpha value is -1.09. The van der Waals surface area contributed by atoms with Crippen LogP contribution in [0.5, 0.6) is 0 Å². The molecular weight excluding hydrogens is 203 g/mol. The summed E-state index contributed by atoms with van der Waals surface area (Å²) >= 11 is 0. The molecule has 0 fully saturated rings. The molecule has 0 aromatic heterocycles. The molecular formula is C13H19FN2. The van der Waals surface area contributed by atoms with Gasteiger partial charge in [-0.3, -0.25) is 4.90 Å². The minimum Gasteiger partial charge on any atom is -0.396 e. The fraction of sp³-hybridized carbons (Fsp3) is 0.538. The Labute approximate surface area is 96.2 Å². The van der Waals surface area contributed by atoms with Crippen LogP contribution in [-0.2, 0) is 13.0 Å². The number of hydrogen-bond donors (Lipinski definition) is 1. The molecule has 0 amide bonds. The lowest BCUT2D eigenvalue weighted by Crippen LogP contribution is -2.33. The molecule has 0 spiro atoms. The minimum atomic E-state index is -0.281. The first-order valence-corrected chi connectivity index (χ1v) is 5.85. The normalized spacial score (nSPS) is 16.5. The zero-order valence-electron chi connectivity index (χ0n) is 9.96. The molecule has 1 aliphatic heterocycles. The fourth-order valence-electron chi connectivity index (χ4n) is 2.33. The van der Waals surface area contributed by atoms with Crippen molar-refractivity contribution in [3.63, 3.8) is 0 Å². The van der Waals surface area contributed by atoms with E-state index in [9.17, 15) is 4.39 Å². The molecule has 1 aromatic rings. The molecule has 1 aliphatic rings. The van der Waals surface area contributed by atoms with Crippen LogP contribution in [0, 0.1) is 11.7 Å². The SMILES string of the molecule is CC(C)CN1CCc2cc(F)c(N)cc2C1. The van der Waals surface area contributed by atoms with Crippen molar-refractivity contribution in [2.24, 2.45) is 5.92 Å². The van der Waals surface area contributed by atoms with Gasteiger partial charge in [0.1, 0.15) is 5.82 Å². The van der Waals surface area contributed by atoms with Crippen LogP contribution in [0.4, 0.5) is 10.1 Å². The molecule has 0 saturated heterocycles. The van der Waals surface area contributed by atoms with E-state index < -0.39 is 0 Å². The summed E-state index contributed by atoms with van der Waals surface area (Å²) in [7, 11) is 0. The number of nitrogens with zero attached hydrogens (tertiary/aromatic N) is 1. The average Bonchev–Trinajstić information content (AvgIpc) is 2.19. The maximum atomic E-state index is 13.3. The average molecular weight is 222 g/mol. The van der Waals surface area contributed by atoms with Gasteiger partial charge in [0.15, 0.2) is 0 Å². The van der Waals surface area contributed by atoms with Gasteiger partial charge in [-0.1, -0.05) is 13.8 Å². The number of anilines is 1. The predicted molar refractivity (Wildman–Crippen MR) is 64.6 cm³/mol. The molecule has 1 heterocycles. The van der Waals surface area contributed by atoms with Crippen molar-refractivity contribution in [1.82, 2.24) is 4.90 Å². The Morgan fingerprint density at radius 2 is 2.12 bits per heavy atom. The summed E-state index contributed by atoms with van der Waals surface area (Å²) in [5.74, 6) is 0.385. The Balaban J connectivity index is 2.17. The summed E-state index contributed by atoms with van der Waals surface area (Å²) in [4.78, 5) is 2.41. The summed E-state index contributed by atoms with van der Waals surface area (Å²) in [6.45, 7) is 7.45. The second kappa shape index (κ2) is 4.42. The van der Waals surface area contributed by atoms with E-state index in [-0.39, 0.29) is 11.5 Å². The summed E-state index contributed by atoms with van der Waals surface area (Å²) in [5, 5.41) is 0. The second-order valence-corrected chi connectivity index (χ2v) is 5.02. The zero-order valence-corrected chi connectivity index (χ0v) is 9.96. The quantitative estimate of drug-likeness (QED) is 0.779. The van der Waals surface area contributed by atoms with E-state index in [2.05, 4.69) is 18.7 Å². The lowest BCUT2D eigenvalue weighted by molar-refractivity contribution is 0.226. The molecule has 2 N–H and O–H groups in total. The maximum Gasteiger partial charge on any atom is 0.146 e. The molecule has 1 aromatic carbocycles. The highest BCUT2D eigenvalue weighted by Gasteiger charge is 2.18. The monoisotopic (exact) mass is 222 g/mol. The Kier molecular flexibility index (Phi) is 3.15. The second-order valence-electron chi connectivity index (χ2n) is 5.02. The van der Waals surface area contributed by atoms with Gasteiger partial charge in [-0.05, 0) is 35.6 Å². The summed E-state index contributed by atoms with van der Waals surface area (Å²) in [5.41, 5.74) is 8.17. The van der Waals surface area contributed by atoms with E-state index in [4.69, 9.17) is 5.73 Å². The van der Waals surface area contributed by atoms with Crippen LogP contribution >= 0.6 is 0 Å². The van der Waals surface area contributed by atoms with Gasteiger partial charge >= 0.3 is 0 Å². The molecule has 0 saturated carbocycles. The van der Waals surface area contributed by atoms with E-state index in [1.54, 1.807) is 12.1 Å².